The highest BCUT2D eigenvalue weighted by Gasteiger charge is 2.51. The third-order valence-electron chi connectivity index (χ3n) is 4.80. The van der Waals surface area contributed by atoms with Crippen LogP contribution in [0, 0.1) is 0 Å². The zero-order valence-electron chi connectivity index (χ0n) is 12.9. The van der Waals surface area contributed by atoms with Crippen LogP contribution in [0.15, 0.2) is 12.3 Å². The van der Waals surface area contributed by atoms with Crippen LogP contribution in [-0.2, 0) is 11.8 Å². The minimum atomic E-state index is -4.45. The Balaban J connectivity index is 2.01. The van der Waals surface area contributed by atoms with E-state index in [9.17, 15) is 18.3 Å². The monoisotopic (exact) mass is 315 g/mol. The third-order valence-corrected chi connectivity index (χ3v) is 4.80. The Morgan fingerprint density at radius 2 is 2.05 bits per heavy atom. The van der Waals surface area contributed by atoms with E-state index in [1.54, 1.807) is 6.92 Å². The predicted molar refractivity (Wildman–Crippen MR) is 76.7 cm³/mol. The van der Waals surface area contributed by atoms with Gasteiger partial charge in [0.05, 0.1) is 11.6 Å². The Morgan fingerprint density at radius 1 is 1.36 bits per heavy atom. The molecular weight excluding hydrogens is 295 g/mol. The van der Waals surface area contributed by atoms with Gasteiger partial charge in [0.15, 0.2) is 0 Å². The lowest BCUT2D eigenvalue weighted by Crippen LogP contribution is -2.58. The number of nitrogens with zero attached hydrogens (tertiary/aromatic N) is 3. The molecule has 0 spiro atoms. The second-order valence-electron chi connectivity index (χ2n) is 6.54. The van der Waals surface area contributed by atoms with E-state index in [0.29, 0.717) is 24.9 Å². The lowest BCUT2D eigenvalue weighted by atomic mass is 9.90. The van der Waals surface area contributed by atoms with Crippen molar-refractivity contribution in [3.05, 3.63) is 23.4 Å². The van der Waals surface area contributed by atoms with Gasteiger partial charge in [0.25, 0.3) is 0 Å². The van der Waals surface area contributed by atoms with Crippen molar-refractivity contribution in [2.45, 2.75) is 44.6 Å². The van der Waals surface area contributed by atoms with Gasteiger partial charge in [-0.05, 0) is 26.8 Å². The van der Waals surface area contributed by atoms with Crippen molar-refractivity contribution >= 4 is 5.82 Å². The van der Waals surface area contributed by atoms with E-state index in [1.807, 2.05) is 4.90 Å². The molecular formula is C15H20F3N3O. The first-order chi connectivity index (χ1) is 10.1. The maximum atomic E-state index is 12.9. The van der Waals surface area contributed by atoms with E-state index < -0.39 is 17.3 Å². The minimum Gasteiger partial charge on any atom is -0.383 e. The van der Waals surface area contributed by atoms with Gasteiger partial charge in [0.2, 0.25) is 0 Å². The topological polar surface area (TPSA) is 39.6 Å². The molecule has 2 aliphatic rings. The van der Waals surface area contributed by atoms with Gasteiger partial charge < -0.3 is 10.0 Å². The zero-order chi connectivity index (χ0) is 16.3. The van der Waals surface area contributed by atoms with Gasteiger partial charge in [-0.25, -0.2) is 4.98 Å². The van der Waals surface area contributed by atoms with Crippen LogP contribution in [0.2, 0.25) is 0 Å². The Labute approximate surface area is 127 Å². The fraction of sp³-hybridized carbons (Fsp3) is 0.667. The molecule has 1 aromatic heterocycles. The molecule has 0 bridgehead atoms. The SMILES string of the molecule is CC(C)N1CCN2c3ncc(C(F)(F)F)cc3C(C)(O)C2C1. The lowest BCUT2D eigenvalue weighted by Gasteiger charge is -2.43. The van der Waals surface area contributed by atoms with Gasteiger partial charge in [-0.3, -0.25) is 4.90 Å². The van der Waals surface area contributed by atoms with Crippen LogP contribution < -0.4 is 4.90 Å². The summed E-state index contributed by atoms with van der Waals surface area (Å²) >= 11 is 0. The highest BCUT2D eigenvalue weighted by atomic mass is 19.4. The number of rotatable bonds is 1. The molecule has 1 N–H and O–H groups in total. The Morgan fingerprint density at radius 3 is 2.64 bits per heavy atom. The molecule has 0 aliphatic carbocycles. The van der Waals surface area contributed by atoms with Gasteiger partial charge in [0.1, 0.15) is 11.4 Å². The van der Waals surface area contributed by atoms with Crippen molar-refractivity contribution in [2.24, 2.45) is 0 Å². The van der Waals surface area contributed by atoms with E-state index >= 15 is 0 Å². The van der Waals surface area contributed by atoms with Crippen LogP contribution in [0.3, 0.4) is 0 Å². The number of piperazine rings is 1. The fourth-order valence-corrected chi connectivity index (χ4v) is 3.40. The van der Waals surface area contributed by atoms with Gasteiger partial charge in [-0.1, -0.05) is 0 Å². The number of halogens is 3. The van der Waals surface area contributed by atoms with E-state index in [0.717, 1.165) is 18.8 Å². The van der Waals surface area contributed by atoms with E-state index in [1.165, 1.54) is 0 Å². The lowest BCUT2D eigenvalue weighted by molar-refractivity contribution is -0.138. The average molecular weight is 315 g/mol. The summed E-state index contributed by atoms with van der Waals surface area (Å²) in [5, 5.41) is 10.9. The van der Waals surface area contributed by atoms with Crippen LogP contribution in [-0.4, -0.2) is 46.7 Å². The Kier molecular flexibility index (Phi) is 3.41. The molecule has 22 heavy (non-hydrogen) atoms. The van der Waals surface area contributed by atoms with Crippen molar-refractivity contribution in [1.29, 1.82) is 0 Å². The molecule has 0 aromatic carbocycles. The first-order valence-corrected chi connectivity index (χ1v) is 7.43. The number of aromatic nitrogens is 1. The standard InChI is InChI=1S/C15H20F3N3O/c1-9(2)20-4-5-21-12(8-20)14(3,22)11-6-10(15(16,17)18)7-19-13(11)21/h6-7,9,12,22H,4-5,8H2,1-3H3. The molecule has 2 atom stereocenters. The van der Waals surface area contributed by atoms with Crippen molar-refractivity contribution in [2.75, 3.05) is 24.5 Å². The number of aliphatic hydroxyl groups is 1. The number of alkyl halides is 3. The van der Waals surface area contributed by atoms with Crippen LogP contribution >= 0.6 is 0 Å². The molecule has 2 aliphatic heterocycles. The van der Waals surface area contributed by atoms with Crippen LogP contribution in [0.25, 0.3) is 0 Å². The predicted octanol–water partition coefficient (Wildman–Crippen LogP) is 2.22. The third kappa shape index (κ3) is 2.27. The molecule has 1 aromatic rings. The maximum Gasteiger partial charge on any atom is 0.417 e. The molecule has 4 nitrogen and oxygen atoms in total. The summed E-state index contributed by atoms with van der Waals surface area (Å²) in [5.41, 5.74) is -1.87. The summed E-state index contributed by atoms with van der Waals surface area (Å²) in [4.78, 5) is 8.17. The molecule has 2 unspecified atom stereocenters. The second-order valence-corrected chi connectivity index (χ2v) is 6.54. The maximum absolute atomic E-state index is 12.9. The summed E-state index contributed by atoms with van der Waals surface area (Å²) in [6.45, 7) is 7.82. The van der Waals surface area contributed by atoms with E-state index in [4.69, 9.17) is 0 Å². The Hall–Kier alpha value is -1.34. The molecule has 3 rings (SSSR count). The van der Waals surface area contributed by atoms with Gasteiger partial charge in [-0.2, -0.15) is 13.2 Å². The van der Waals surface area contributed by atoms with E-state index in [-0.39, 0.29) is 11.6 Å². The van der Waals surface area contributed by atoms with Crippen molar-refractivity contribution < 1.29 is 18.3 Å². The molecule has 122 valence electrons. The Bertz CT molecular complexity index is 586. The van der Waals surface area contributed by atoms with Crippen LogP contribution in [0.4, 0.5) is 19.0 Å². The van der Waals surface area contributed by atoms with Gasteiger partial charge in [0, 0.05) is 37.4 Å². The smallest absolute Gasteiger partial charge is 0.383 e. The van der Waals surface area contributed by atoms with Crippen molar-refractivity contribution in [3.8, 4) is 0 Å². The summed E-state index contributed by atoms with van der Waals surface area (Å²) in [6.07, 6.45) is -3.60. The number of hydrogen-bond acceptors (Lipinski definition) is 4. The second kappa shape index (κ2) is 4.83. The molecule has 1 fully saturated rings. The van der Waals surface area contributed by atoms with Crippen molar-refractivity contribution in [3.63, 3.8) is 0 Å². The zero-order valence-corrected chi connectivity index (χ0v) is 12.9. The molecule has 7 heteroatoms. The first-order valence-electron chi connectivity index (χ1n) is 7.43. The number of fused-ring (bicyclic) bond motifs is 3. The molecule has 0 radical (unpaired) electrons. The number of hydrogen-bond donors (Lipinski definition) is 1. The highest BCUT2D eigenvalue weighted by molar-refractivity contribution is 5.59. The average Bonchev–Trinajstić information content (AvgIpc) is 2.66. The summed E-state index contributed by atoms with van der Waals surface area (Å²) < 4.78 is 38.7. The summed E-state index contributed by atoms with van der Waals surface area (Å²) in [6, 6.07) is 1.11. The molecule has 0 saturated carbocycles. The van der Waals surface area contributed by atoms with E-state index in [2.05, 4.69) is 23.7 Å². The summed E-state index contributed by atoms with van der Waals surface area (Å²) in [7, 11) is 0. The normalized spacial score (nSPS) is 28.9. The van der Waals surface area contributed by atoms with Crippen LogP contribution in [0.5, 0.6) is 0 Å². The fourth-order valence-electron chi connectivity index (χ4n) is 3.40. The van der Waals surface area contributed by atoms with Crippen molar-refractivity contribution in [1.82, 2.24) is 9.88 Å². The molecule has 0 amide bonds. The highest BCUT2D eigenvalue weighted by Crippen LogP contribution is 2.45. The number of anilines is 1. The van der Waals surface area contributed by atoms with Gasteiger partial charge >= 0.3 is 6.18 Å². The minimum absolute atomic E-state index is 0.269. The van der Waals surface area contributed by atoms with Gasteiger partial charge in [-0.15, -0.1) is 0 Å². The molecule has 1 saturated heterocycles. The molecule has 3 heterocycles. The largest absolute Gasteiger partial charge is 0.417 e. The summed E-state index contributed by atoms with van der Waals surface area (Å²) in [5.74, 6) is 0.478. The van der Waals surface area contributed by atoms with Crippen LogP contribution in [0.1, 0.15) is 31.9 Å². The quantitative estimate of drug-likeness (QED) is 0.863. The first kappa shape index (κ1) is 15.6. The number of pyridine rings is 1.